The summed E-state index contributed by atoms with van der Waals surface area (Å²) in [5.74, 6) is 0.677. The van der Waals surface area contributed by atoms with Crippen molar-refractivity contribution in [1.82, 2.24) is 9.97 Å². The lowest BCUT2D eigenvalue weighted by molar-refractivity contribution is 0.669. The van der Waals surface area contributed by atoms with E-state index in [0.29, 0.717) is 5.82 Å². The Morgan fingerprint density at radius 3 is 2.15 bits per heavy atom. The highest BCUT2D eigenvalue weighted by atomic mass is 32.1. The van der Waals surface area contributed by atoms with E-state index in [9.17, 15) is 0 Å². The van der Waals surface area contributed by atoms with Crippen LogP contribution in [0.3, 0.4) is 0 Å². The molecule has 10 rings (SSSR count). The molecule has 0 unspecified atom stereocenters. The van der Waals surface area contributed by atoms with E-state index in [1.807, 2.05) is 35.6 Å². The average Bonchev–Trinajstić information content (AvgIpc) is 3.69. The van der Waals surface area contributed by atoms with Crippen LogP contribution in [-0.2, 0) is 0 Å². The zero-order chi connectivity index (χ0) is 30.2. The molecule has 214 valence electrons. The molecule has 0 aliphatic rings. The van der Waals surface area contributed by atoms with E-state index in [-0.39, 0.29) is 0 Å². The third-order valence-corrected chi connectivity index (χ3v) is 10.2. The Kier molecular flexibility index (Phi) is 5.45. The maximum absolute atomic E-state index is 6.43. The second-order valence-electron chi connectivity index (χ2n) is 11.7. The number of thiophene rings is 1. The van der Waals surface area contributed by atoms with Crippen LogP contribution in [-0.4, -0.2) is 9.97 Å². The van der Waals surface area contributed by atoms with Crippen LogP contribution in [0.1, 0.15) is 0 Å². The van der Waals surface area contributed by atoms with E-state index in [0.717, 1.165) is 60.8 Å². The molecule has 4 heteroatoms. The van der Waals surface area contributed by atoms with E-state index in [1.165, 1.54) is 30.9 Å². The SMILES string of the molecule is c1ccc(-c2cc(-c3nc(-c4ccc5c(c4)sc4ccc6ccccc6c45)c4ccccc4n3)cc3oc4ccccc4c23)cc1. The van der Waals surface area contributed by atoms with Crippen molar-refractivity contribution in [2.75, 3.05) is 0 Å². The Morgan fingerprint density at radius 1 is 0.457 bits per heavy atom. The number of benzene rings is 7. The Labute approximate surface area is 268 Å². The quantitative estimate of drug-likeness (QED) is 0.201. The van der Waals surface area contributed by atoms with Gasteiger partial charge in [0, 0.05) is 47.5 Å². The number of para-hydroxylation sites is 2. The van der Waals surface area contributed by atoms with E-state index in [1.54, 1.807) is 0 Å². The first-order valence-corrected chi connectivity index (χ1v) is 16.2. The molecule has 0 aliphatic heterocycles. The molecule has 0 saturated carbocycles. The van der Waals surface area contributed by atoms with Crippen LogP contribution in [0, 0.1) is 0 Å². The fourth-order valence-corrected chi connectivity index (χ4v) is 8.11. The van der Waals surface area contributed by atoms with Crippen LogP contribution in [0.4, 0.5) is 0 Å². The van der Waals surface area contributed by atoms with Crippen molar-refractivity contribution in [2.24, 2.45) is 0 Å². The molecular formula is C42H24N2OS. The van der Waals surface area contributed by atoms with Crippen LogP contribution >= 0.6 is 11.3 Å². The lowest BCUT2D eigenvalue weighted by atomic mass is 9.96. The van der Waals surface area contributed by atoms with Crippen LogP contribution in [0.5, 0.6) is 0 Å². The molecule has 3 heterocycles. The predicted octanol–water partition coefficient (Wildman–Crippen LogP) is 12.1. The summed E-state index contributed by atoms with van der Waals surface area (Å²) in [6, 6.07) is 51.2. The number of hydrogen-bond donors (Lipinski definition) is 0. The molecule has 10 aromatic rings. The minimum atomic E-state index is 0.677. The largest absolute Gasteiger partial charge is 0.456 e. The number of aromatic nitrogens is 2. The zero-order valence-corrected chi connectivity index (χ0v) is 25.4. The third kappa shape index (κ3) is 3.84. The van der Waals surface area contributed by atoms with Gasteiger partial charge >= 0.3 is 0 Å². The molecule has 0 saturated heterocycles. The van der Waals surface area contributed by atoms with Crippen LogP contribution in [0.15, 0.2) is 150 Å². The fourth-order valence-electron chi connectivity index (χ4n) is 6.95. The van der Waals surface area contributed by atoms with E-state index in [2.05, 4.69) is 121 Å². The summed E-state index contributed by atoms with van der Waals surface area (Å²) in [7, 11) is 0. The molecule has 46 heavy (non-hydrogen) atoms. The number of hydrogen-bond acceptors (Lipinski definition) is 4. The number of fused-ring (bicyclic) bond motifs is 9. The Morgan fingerprint density at radius 2 is 1.24 bits per heavy atom. The molecule has 0 atom stereocenters. The summed E-state index contributed by atoms with van der Waals surface area (Å²) in [5.41, 5.74) is 7.78. The minimum Gasteiger partial charge on any atom is -0.456 e. The smallest absolute Gasteiger partial charge is 0.160 e. The highest BCUT2D eigenvalue weighted by Gasteiger charge is 2.18. The van der Waals surface area contributed by atoms with Crippen LogP contribution < -0.4 is 0 Å². The van der Waals surface area contributed by atoms with Gasteiger partial charge in [0.05, 0.1) is 11.2 Å². The van der Waals surface area contributed by atoms with E-state index >= 15 is 0 Å². The van der Waals surface area contributed by atoms with E-state index < -0.39 is 0 Å². The van der Waals surface area contributed by atoms with Gasteiger partial charge in [0.1, 0.15) is 11.2 Å². The monoisotopic (exact) mass is 604 g/mol. The second-order valence-corrected chi connectivity index (χ2v) is 12.8. The standard InChI is InChI=1S/C42H24N2OS/c1-2-10-25(11-3-1)33-22-28(23-36-39(33)31-15-7-9-17-35(31)45-36)42-43-34-16-8-6-14-30(34)41(44-42)27-18-20-32-38(24-27)46-37-21-19-26-12-4-5-13-29(26)40(32)37/h1-24H. The average molecular weight is 605 g/mol. The molecule has 3 nitrogen and oxygen atoms in total. The normalized spacial score (nSPS) is 11.9. The minimum absolute atomic E-state index is 0.677. The molecule has 0 bridgehead atoms. The zero-order valence-electron chi connectivity index (χ0n) is 24.6. The second kappa shape index (κ2) is 9.83. The first kappa shape index (κ1) is 25.5. The fraction of sp³-hybridized carbons (Fsp3) is 0. The molecule has 0 spiro atoms. The number of furan rings is 1. The summed E-state index contributed by atoms with van der Waals surface area (Å²) in [4.78, 5) is 10.4. The molecule has 0 N–H and O–H groups in total. The van der Waals surface area contributed by atoms with Crippen molar-refractivity contribution in [2.45, 2.75) is 0 Å². The molecule has 0 fully saturated rings. The van der Waals surface area contributed by atoms with Gasteiger partial charge in [-0.2, -0.15) is 0 Å². The van der Waals surface area contributed by atoms with Gasteiger partial charge in [0.25, 0.3) is 0 Å². The van der Waals surface area contributed by atoms with Crippen molar-refractivity contribution >= 4 is 75.1 Å². The topological polar surface area (TPSA) is 38.9 Å². The molecule has 7 aromatic carbocycles. The van der Waals surface area contributed by atoms with Crippen molar-refractivity contribution in [3.8, 4) is 33.8 Å². The summed E-state index contributed by atoms with van der Waals surface area (Å²) in [6.45, 7) is 0. The first-order chi connectivity index (χ1) is 22.8. The van der Waals surface area contributed by atoms with Crippen LogP contribution in [0.2, 0.25) is 0 Å². The highest BCUT2D eigenvalue weighted by molar-refractivity contribution is 7.26. The maximum Gasteiger partial charge on any atom is 0.160 e. The van der Waals surface area contributed by atoms with Crippen molar-refractivity contribution < 1.29 is 4.42 Å². The van der Waals surface area contributed by atoms with Crippen molar-refractivity contribution in [3.05, 3.63) is 146 Å². The highest BCUT2D eigenvalue weighted by Crippen LogP contribution is 2.42. The summed E-state index contributed by atoms with van der Waals surface area (Å²) < 4.78 is 8.98. The van der Waals surface area contributed by atoms with Crippen molar-refractivity contribution in [1.29, 1.82) is 0 Å². The predicted molar refractivity (Wildman–Crippen MR) is 194 cm³/mol. The molecular weight excluding hydrogens is 581 g/mol. The Balaban J connectivity index is 1.21. The van der Waals surface area contributed by atoms with Gasteiger partial charge in [-0.25, -0.2) is 9.97 Å². The van der Waals surface area contributed by atoms with E-state index in [4.69, 9.17) is 14.4 Å². The maximum atomic E-state index is 6.43. The van der Waals surface area contributed by atoms with Gasteiger partial charge in [-0.15, -0.1) is 11.3 Å². The third-order valence-electron chi connectivity index (χ3n) is 9.06. The Hall–Kier alpha value is -5.84. The van der Waals surface area contributed by atoms with Crippen molar-refractivity contribution in [3.63, 3.8) is 0 Å². The van der Waals surface area contributed by atoms with Gasteiger partial charge in [-0.3, -0.25) is 0 Å². The molecule has 3 aromatic heterocycles. The van der Waals surface area contributed by atoms with Gasteiger partial charge in [0.15, 0.2) is 5.82 Å². The molecule has 0 radical (unpaired) electrons. The lowest BCUT2D eigenvalue weighted by Crippen LogP contribution is -1.95. The number of rotatable bonds is 3. The molecule has 0 aliphatic carbocycles. The van der Waals surface area contributed by atoms with Crippen LogP contribution in [0.25, 0.3) is 97.6 Å². The summed E-state index contributed by atoms with van der Waals surface area (Å²) >= 11 is 1.84. The summed E-state index contributed by atoms with van der Waals surface area (Å²) in [5, 5.41) is 8.41. The van der Waals surface area contributed by atoms with Gasteiger partial charge in [-0.1, -0.05) is 109 Å². The number of nitrogens with zero attached hydrogens (tertiary/aromatic N) is 2. The first-order valence-electron chi connectivity index (χ1n) is 15.4. The molecule has 0 amide bonds. The van der Waals surface area contributed by atoms with Gasteiger partial charge in [0.2, 0.25) is 0 Å². The summed E-state index contributed by atoms with van der Waals surface area (Å²) in [6.07, 6.45) is 0. The van der Waals surface area contributed by atoms with Gasteiger partial charge < -0.3 is 4.42 Å². The Bertz CT molecular complexity index is 2810. The van der Waals surface area contributed by atoms with Gasteiger partial charge in [-0.05, 0) is 58.3 Å². The lowest BCUT2D eigenvalue weighted by Gasteiger charge is -2.11.